The van der Waals surface area contributed by atoms with E-state index in [0.717, 1.165) is 0 Å². The number of hydrogen-bond acceptors (Lipinski definition) is 9. The van der Waals surface area contributed by atoms with Gasteiger partial charge < -0.3 is 18.8 Å². The first-order chi connectivity index (χ1) is 15.2. The maximum absolute atomic E-state index is 12.7. The number of nitrogens with zero attached hydrogens (tertiary/aromatic N) is 5. The number of imidazole rings is 1. The molecular weight excluding hydrogens is 476 g/mol. The Bertz CT molecular complexity index is 1180. The van der Waals surface area contributed by atoms with Crippen LogP contribution < -0.4 is 5.14 Å². The number of hydrogen-bond donors (Lipinski definition) is 1. The quantitative estimate of drug-likeness (QED) is 0.618. The number of fused-ring (bicyclic) bond motifs is 2. The maximum atomic E-state index is 12.7. The van der Waals surface area contributed by atoms with Crippen LogP contribution in [0, 0.1) is 5.92 Å². The van der Waals surface area contributed by atoms with Crippen LogP contribution in [0.15, 0.2) is 12.7 Å². The van der Waals surface area contributed by atoms with Crippen LogP contribution in [0.25, 0.3) is 11.2 Å². The van der Waals surface area contributed by atoms with Crippen molar-refractivity contribution < 1.29 is 27.4 Å². The molecule has 1 saturated heterocycles. The van der Waals surface area contributed by atoms with E-state index >= 15 is 0 Å². The van der Waals surface area contributed by atoms with Gasteiger partial charge in [-0.3, -0.25) is 0 Å². The highest BCUT2D eigenvalue weighted by molar-refractivity contribution is 7.87. The predicted octanol–water partition coefficient (Wildman–Crippen LogP) is 2.00. The number of rotatable bonds is 4. The van der Waals surface area contributed by atoms with Gasteiger partial charge in [0.05, 0.1) is 18.5 Å². The van der Waals surface area contributed by atoms with E-state index in [-0.39, 0.29) is 17.7 Å². The number of halogens is 1. The van der Waals surface area contributed by atoms with E-state index in [9.17, 15) is 13.2 Å². The van der Waals surface area contributed by atoms with Crippen LogP contribution in [0.2, 0.25) is 5.15 Å². The lowest BCUT2D eigenvalue weighted by molar-refractivity contribution is -0.160. The molecule has 1 amide bonds. The molecule has 1 aliphatic carbocycles. The van der Waals surface area contributed by atoms with E-state index in [4.69, 9.17) is 31.0 Å². The molecule has 0 bridgehead atoms. The third-order valence-corrected chi connectivity index (χ3v) is 6.72. The Balaban J connectivity index is 1.67. The van der Waals surface area contributed by atoms with Gasteiger partial charge in [-0.05, 0) is 41.0 Å². The van der Waals surface area contributed by atoms with Crippen LogP contribution in [0.4, 0.5) is 4.79 Å². The number of carbonyl (C=O) groups excluding carboxylic acids is 1. The molecule has 2 aliphatic rings. The summed E-state index contributed by atoms with van der Waals surface area (Å²) in [6, 6.07) is -0.307. The van der Waals surface area contributed by atoms with Gasteiger partial charge in [0.25, 0.3) is 0 Å². The molecule has 3 heterocycles. The number of ether oxygens (including phenoxy) is 3. The number of carbonyl (C=O) groups is 1. The van der Waals surface area contributed by atoms with Gasteiger partial charge in [0.2, 0.25) is 0 Å². The van der Waals surface area contributed by atoms with Crippen molar-refractivity contribution in [3.63, 3.8) is 0 Å². The number of aromatic nitrogens is 4. The second kappa shape index (κ2) is 8.01. The third kappa shape index (κ3) is 4.78. The van der Waals surface area contributed by atoms with Crippen LogP contribution in [0.3, 0.4) is 0 Å². The van der Waals surface area contributed by atoms with Crippen molar-refractivity contribution in [3.8, 4) is 0 Å². The molecule has 0 aromatic carbocycles. The normalized spacial score (nSPS) is 27.0. The fourth-order valence-corrected chi connectivity index (χ4v) is 5.20. The average Bonchev–Trinajstić information content (AvgIpc) is 3.29. The van der Waals surface area contributed by atoms with Crippen molar-refractivity contribution in [2.75, 3.05) is 6.54 Å². The summed E-state index contributed by atoms with van der Waals surface area (Å²) in [5.74, 6) is -1.34. The van der Waals surface area contributed by atoms with Gasteiger partial charge in [0.15, 0.2) is 16.6 Å². The topological polar surface area (TPSA) is 152 Å². The zero-order valence-electron chi connectivity index (χ0n) is 18.9. The molecule has 14 heteroatoms. The summed E-state index contributed by atoms with van der Waals surface area (Å²) in [5, 5.41) is 5.59. The summed E-state index contributed by atoms with van der Waals surface area (Å²) in [4.78, 5) is 25.2. The third-order valence-electron chi connectivity index (χ3n) is 5.53. The molecule has 1 aliphatic heterocycles. The molecule has 33 heavy (non-hydrogen) atoms. The highest BCUT2D eigenvalue weighted by Gasteiger charge is 2.56. The zero-order valence-corrected chi connectivity index (χ0v) is 20.5. The Hall–Kier alpha value is -2.06. The Kier molecular flexibility index (Phi) is 5.85. The molecular formula is C19H27ClN6O6S. The van der Waals surface area contributed by atoms with Gasteiger partial charge in [0.1, 0.15) is 23.5 Å². The molecule has 12 nitrogen and oxygen atoms in total. The molecule has 4 rings (SSSR count). The molecule has 0 unspecified atom stereocenters. The molecule has 2 aromatic rings. The van der Waals surface area contributed by atoms with Crippen molar-refractivity contribution in [1.29, 1.82) is 0 Å². The lowest BCUT2D eigenvalue weighted by Gasteiger charge is -2.29. The van der Waals surface area contributed by atoms with Gasteiger partial charge in [-0.25, -0.2) is 24.9 Å². The molecule has 4 atom stereocenters. The summed E-state index contributed by atoms with van der Waals surface area (Å²) in [6.45, 7) is 8.24. The first kappa shape index (κ1) is 24.1. The molecule has 2 fully saturated rings. The smallest absolute Gasteiger partial charge is 0.425 e. The standard InChI is InChI=1S/C19H27ClN6O6S/c1-18(2,3)32-17(27)26(33(21,28)29)7-10-6-11(14-13(10)30-19(4,5)31-14)25-9-24-12-15(20)22-8-23-16(12)25/h8-11,13-14H,6-7H2,1-5H3,(H2,21,28,29)/t10-,11-,13-,14+/m1/s1. The Morgan fingerprint density at radius 1 is 1.30 bits per heavy atom. The first-order valence-corrected chi connectivity index (χ1v) is 12.3. The molecule has 2 aromatic heterocycles. The summed E-state index contributed by atoms with van der Waals surface area (Å²) >= 11 is 6.15. The highest BCUT2D eigenvalue weighted by atomic mass is 35.5. The molecule has 1 saturated carbocycles. The number of nitrogens with two attached hydrogens (primary N) is 1. The zero-order chi connectivity index (χ0) is 24.3. The molecule has 2 N–H and O–H groups in total. The van der Waals surface area contributed by atoms with E-state index < -0.39 is 45.8 Å². The first-order valence-electron chi connectivity index (χ1n) is 10.4. The largest absolute Gasteiger partial charge is 0.443 e. The molecule has 0 radical (unpaired) electrons. The molecule has 0 spiro atoms. The highest BCUT2D eigenvalue weighted by Crippen LogP contribution is 2.48. The van der Waals surface area contributed by atoms with Crippen molar-refractivity contribution in [2.24, 2.45) is 11.1 Å². The van der Waals surface area contributed by atoms with Crippen molar-refractivity contribution in [2.45, 2.75) is 70.7 Å². The second-order valence-corrected chi connectivity index (χ2v) is 11.5. The van der Waals surface area contributed by atoms with Crippen molar-refractivity contribution in [1.82, 2.24) is 23.8 Å². The maximum Gasteiger partial charge on any atom is 0.425 e. The van der Waals surface area contributed by atoms with E-state index in [0.29, 0.717) is 21.9 Å². The van der Waals surface area contributed by atoms with Crippen LogP contribution >= 0.6 is 11.6 Å². The SMILES string of the molecule is CC(C)(C)OC(=O)N(C[C@H]1C[C@@H](n2cnc3c(Cl)ncnc32)[C@@H]2OC(C)(C)O[C@H]12)S(N)(=O)=O. The van der Waals surface area contributed by atoms with Gasteiger partial charge in [-0.2, -0.15) is 12.7 Å². The summed E-state index contributed by atoms with van der Waals surface area (Å²) in [7, 11) is -4.39. The lowest BCUT2D eigenvalue weighted by atomic mass is 10.1. The van der Waals surface area contributed by atoms with Gasteiger partial charge in [0, 0.05) is 12.5 Å². The predicted molar refractivity (Wildman–Crippen MR) is 117 cm³/mol. The van der Waals surface area contributed by atoms with Crippen LogP contribution in [-0.4, -0.2) is 68.5 Å². The van der Waals surface area contributed by atoms with E-state index in [1.54, 1.807) is 40.9 Å². The van der Waals surface area contributed by atoms with Gasteiger partial charge in [-0.1, -0.05) is 11.6 Å². The van der Waals surface area contributed by atoms with Crippen molar-refractivity contribution in [3.05, 3.63) is 17.8 Å². The van der Waals surface area contributed by atoms with Crippen LogP contribution in [0.1, 0.15) is 47.1 Å². The van der Waals surface area contributed by atoms with E-state index in [1.165, 1.54) is 6.33 Å². The Morgan fingerprint density at radius 3 is 2.61 bits per heavy atom. The Morgan fingerprint density at radius 2 is 1.97 bits per heavy atom. The molecule has 182 valence electrons. The monoisotopic (exact) mass is 502 g/mol. The van der Waals surface area contributed by atoms with E-state index in [2.05, 4.69) is 15.0 Å². The minimum atomic E-state index is -4.39. The van der Waals surface area contributed by atoms with Gasteiger partial charge in [-0.15, -0.1) is 0 Å². The van der Waals surface area contributed by atoms with E-state index in [1.807, 2.05) is 4.57 Å². The summed E-state index contributed by atoms with van der Waals surface area (Å²) < 4.78 is 44.5. The number of amides is 1. The van der Waals surface area contributed by atoms with Crippen LogP contribution in [-0.2, 0) is 24.4 Å². The minimum absolute atomic E-state index is 0.221. The van der Waals surface area contributed by atoms with Crippen molar-refractivity contribution >= 4 is 39.1 Å². The Labute approximate surface area is 196 Å². The lowest BCUT2D eigenvalue weighted by Crippen LogP contribution is -2.47. The minimum Gasteiger partial charge on any atom is -0.443 e. The fourth-order valence-electron chi connectivity index (χ4n) is 4.38. The van der Waals surface area contributed by atoms with Gasteiger partial charge >= 0.3 is 16.3 Å². The average molecular weight is 503 g/mol. The fraction of sp³-hybridized carbons (Fsp3) is 0.684. The summed E-state index contributed by atoms with van der Waals surface area (Å²) in [5.41, 5.74) is 0.0603. The summed E-state index contributed by atoms with van der Waals surface area (Å²) in [6.07, 6.45) is 1.34. The van der Waals surface area contributed by atoms with Crippen LogP contribution in [0.5, 0.6) is 0 Å². The second-order valence-electron chi connectivity index (χ2n) is 9.67.